The minimum absolute atomic E-state index is 0.200. The first-order valence-electron chi connectivity index (χ1n) is 7.14. The molecule has 0 bridgehead atoms. The summed E-state index contributed by atoms with van der Waals surface area (Å²) in [5.41, 5.74) is 1.91. The Balaban J connectivity index is 2.02. The summed E-state index contributed by atoms with van der Waals surface area (Å²) in [6.07, 6.45) is 4.76. The van der Waals surface area contributed by atoms with Crippen molar-refractivity contribution in [2.75, 3.05) is 5.32 Å². The highest BCUT2D eigenvalue weighted by atomic mass is 35.5. The summed E-state index contributed by atoms with van der Waals surface area (Å²) < 4.78 is 14.4. The highest BCUT2D eigenvalue weighted by molar-refractivity contribution is 6.30. The Kier molecular flexibility index (Phi) is 4.92. The maximum absolute atomic E-state index is 14.4. The second kappa shape index (κ2) is 7.11. The molecule has 2 heterocycles. The molecule has 7 heteroatoms. The van der Waals surface area contributed by atoms with Gasteiger partial charge in [-0.05, 0) is 36.2 Å². The Labute approximate surface area is 148 Å². The fraction of sp³-hybridized carbons (Fsp3) is 0.118. The summed E-state index contributed by atoms with van der Waals surface area (Å²) in [4.78, 5) is 12.6. The number of nitrogens with one attached hydrogen (secondary N) is 1. The van der Waals surface area contributed by atoms with E-state index >= 15 is 0 Å². The van der Waals surface area contributed by atoms with Crippen molar-refractivity contribution in [2.24, 2.45) is 0 Å². The lowest BCUT2D eigenvalue weighted by atomic mass is 10.0. The Hall–Kier alpha value is -2.24. The first-order chi connectivity index (χ1) is 11.5. The summed E-state index contributed by atoms with van der Waals surface area (Å²) in [6.45, 7) is 1.89. The molecular weight excluding hydrogens is 350 g/mol. The van der Waals surface area contributed by atoms with Crippen LogP contribution in [-0.4, -0.2) is 15.0 Å². The van der Waals surface area contributed by atoms with Crippen molar-refractivity contribution in [3.63, 3.8) is 0 Å². The molecule has 0 aliphatic carbocycles. The van der Waals surface area contributed by atoms with Crippen LogP contribution in [-0.2, 0) is 0 Å². The summed E-state index contributed by atoms with van der Waals surface area (Å²) in [5, 5.41) is 3.93. The van der Waals surface area contributed by atoms with Gasteiger partial charge in [-0.3, -0.25) is 4.98 Å². The number of nitrogens with zero attached hydrogens (tertiary/aromatic N) is 3. The largest absolute Gasteiger partial charge is 0.342 e. The third-order valence-electron chi connectivity index (χ3n) is 3.37. The molecule has 1 N–H and O–H groups in total. The van der Waals surface area contributed by atoms with Crippen LogP contribution in [0.5, 0.6) is 0 Å². The molecule has 0 fully saturated rings. The van der Waals surface area contributed by atoms with Gasteiger partial charge in [0.1, 0.15) is 11.5 Å². The quantitative estimate of drug-likeness (QED) is 0.722. The molecule has 0 aliphatic heterocycles. The maximum atomic E-state index is 14.4. The predicted molar refractivity (Wildman–Crippen MR) is 92.9 cm³/mol. The summed E-state index contributed by atoms with van der Waals surface area (Å²) >= 11 is 11.7. The molecule has 3 rings (SSSR count). The number of rotatable bonds is 4. The van der Waals surface area contributed by atoms with Gasteiger partial charge >= 0.3 is 0 Å². The van der Waals surface area contributed by atoms with Crippen molar-refractivity contribution in [3.8, 4) is 0 Å². The summed E-state index contributed by atoms with van der Waals surface area (Å²) in [6, 6.07) is 7.70. The van der Waals surface area contributed by atoms with Crippen LogP contribution in [0.1, 0.15) is 22.9 Å². The van der Waals surface area contributed by atoms with Crippen molar-refractivity contribution in [3.05, 3.63) is 81.6 Å². The van der Waals surface area contributed by atoms with Crippen LogP contribution >= 0.6 is 23.2 Å². The van der Waals surface area contributed by atoms with Gasteiger partial charge in [0.05, 0.1) is 11.1 Å². The fourth-order valence-corrected chi connectivity index (χ4v) is 2.47. The normalized spacial score (nSPS) is 12.0. The minimum Gasteiger partial charge on any atom is -0.342 e. The monoisotopic (exact) mass is 362 g/mol. The third-order valence-corrected chi connectivity index (χ3v) is 3.83. The van der Waals surface area contributed by atoms with Crippen LogP contribution in [0.3, 0.4) is 0 Å². The van der Waals surface area contributed by atoms with Gasteiger partial charge in [0, 0.05) is 23.6 Å². The SMILES string of the molecule is Cc1cnc(N[C@@H](c2ccc(Cl)cc2)c2ncc(Cl)cc2F)nc1. The van der Waals surface area contributed by atoms with E-state index in [-0.39, 0.29) is 10.7 Å². The van der Waals surface area contributed by atoms with Gasteiger partial charge in [-0.2, -0.15) is 0 Å². The van der Waals surface area contributed by atoms with E-state index in [9.17, 15) is 4.39 Å². The lowest BCUT2D eigenvalue weighted by Crippen LogP contribution is -2.17. The van der Waals surface area contributed by atoms with Crippen LogP contribution < -0.4 is 5.32 Å². The summed E-state index contributed by atoms with van der Waals surface area (Å²) in [5.74, 6) is -0.140. The number of hydrogen-bond donors (Lipinski definition) is 1. The van der Waals surface area contributed by atoms with Crippen LogP contribution in [0.15, 0.2) is 48.9 Å². The molecule has 0 spiro atoms. The number of benzene rings is 1. The molecule has 0 amide bonds. The lowest BCUT2D eigenvalue weighted by molar-refractivity contribution is 0.591. The van der Waals surface area contributed by atoms with Gasteiger partial charge in [0.15, 0.2) is 0 Å². The Morgan fingerprint density at radius 1 is 0.958 bits per heavy atom. The number of aromatic nitrogens is 3. The maximum Gasteiger partial charge on any atom is 0.223 e. The first-order valence-corrected chi connectivity index (χ1v) is 7.90. The molecule has 1 atom stereocenters. The van der Waals surface area contributed by atoms with Crippen molar-refractivity contribution < 1.29 is 4.39 Å². The average molecular weight is 363 g/mol. The second-order valence-corrected chi connectivity index (χ2v) is 6.11. The average Bonchev–Trinajstić information content (AvgIpc) is 2.56. The molecule has 122 valence electrons. The zero-order valence-corrected chi connectivity index (χ0v) is 14.2. The molecule has 0 saturated carbocycles. The van der Waals surface area contributed by atoms with Crippen LogP contribution in [0.2, 0.25) is 10.0 Å². The molecule has 0 unspecified atom stereocenters. The van der Waals surface area contributed by atoms with E-state index in [1.165, 1.54) is 12.3 Å². The van der Waals surface area contributed by atoms with E-state index in [1.54, 1.807) is 36.7 Å². The predicted octanol–water partition coefficient (Wildman–Crippen LogP) is 4.83. The van der Waals surface area contributed by atoms with Gasteiger partial charge in [0.2, 0.25) is 5.95 Å². The molecule has 24 heavy (non-hydrogen) atoms. The number of aryl methyl sites for hydroxylation is 1. The van der Waals surface area contributed by atoms with Gasteiger partial charge in [-0.1, -0.05) is 35.3 Å². The van der Waals surface area contributed by atoms with Crippen molar-refractivity contribution in [1.29, 1.82) is 0 Å². The number of hydrogen-bond acceptors (Lipinski definition) is 4. The Morgan fingerprint density at radius 2 is 1.62 bits per heavy atom. The van der Waals surface area contributed by atoms with Gasteiger partial charge in [-0.25, -0.2) is 14.4 Å². The lowest BCUT2D eigenvalue weighted by Gasteiger charge is -2.19. The fourth-order valence-electron chi connectivity index (χ4n) is 2.20. The van der Waals surface area contributed by atoms with Gasteiger partial charge in [-0.15, -0.1) is 0 Å². The van der Waals surface area contributed by atoms with E-state index in [2.05, 4.69) is 20.3 Å². The van der Waals surface area contributed by atoms with Gasteiger partial charge in [0.25, 0.3) is 0 Å². The highest BCUT2D eigenvalue weighted by Gasteiger charge is 2.21. The Bertz CT molecular complexity index is 838. The van der Waals surface area contributed by atoms with Gasteiger partial charge < -0.3 is 5.32 Å². The molecule has 3 aromatic rings. The zero-order chi connectivity index (χ0) is 17.1. The molecule has 1 aromatic carbocycles. The second-order valence-electron chi connectivity index (χ2n) is 5.23. The molecule has 0 radical (unpaired) electrons. The molecule has 2 aromatic heterocycles. The molecule has 4 nitrogen and oxygen atoms in total. The first kappa shape index (κ1) is 16.6. The summed E-state index contributed by atoms with van der Waals surface area (Å²) in [7, 11) is 0. The third kappa shape index (κ3) is 3.80. The van der Waals surface area contributed by atoms with E-state index in [4.69, 9.17) is 23.2 Å². The van der Waals surface area contributed by atoms with Crippen molar-refractivity contribution in [2.45, 2.75) is 13.0 Å². The van der Waals surface area contributed by atoms with E-state index in [0.29, 0.717) is 11.0 Å². The number of halogens is 3. The van der Waals surface area contributed by atoms with E-state index < -0.39 is 11.9 Å². The molecule has 0 saturated heterocycles. The van der Waals surface area contributed by atoms with Crippen LogP contribution in [0.4, 0.5) is 10.3 Å². The Morgan fingerprint density at radius 3 is 2.25 bits per heavy atom. The minimum atomic E-state index is -0.581. The highest BCUT2D eigenvalue weighted by Crippen LogP contribution is 2.28. The molecular formula is C17H13Cl2FN4. The standard InChI is InChI=1S/C17H13Cl2FN4/c1-10-7-22-17(23-8-10)24-15(11-2-4-12(18)5-3-11)16-14(20)6-13(19)9-21-16/h2-9,15H,1H3,(H,22,23,24)/t15-/m0/s1. The smallest absolute Gasteiger partial charge is 0.223 e. The molecule has 0 aliphatic rings. The number of pyridine rings is 1. The van der Waals surface area contributed by atoms with E-state index in [0.717, 1.165) is 11.1 Å². The topological polar surface area (TPSA) is 50.7 Å². The number of anilines is 1. The van der Waals surface area contributed by atoms with E-state index in [1.807, 2.05) is 6.92 Å². The van der Waals surface area contributed by atoms with Crippen LogP contribution in [0.25, 0.3) is 0 Å². The van der Waals surface area contributed by atoms with Crippen molar-refractivity contribution >= 4 is 29.2 Å². The van der Waals surface area contributed by atoms with Crippen molar-refractivity contribution in [1.82, 2.24) is 15.0 Å². The zero-order valence-electron chi connectivity index (χ0n) is 12.7. The van der Waals surface area contributed by atoms with Crippen LogP contribution in [0, 0.1) is 12.7 Å².